The average molecular weight is 439 g/mol. The number of halogens is 3. The molecule has 3 rings (SSSR count). The van der Waals surface area contributed by atoms with Crippen LogP contribution in [0.4, 0.5) is 15.9 Å². The van der Waals surface area contributed by atoms with Gasteiger partial charge in [0.1, 0.15) is 24.0 Å². The smallest absolute Gasteiger partial charge is 0.286 e. The van der Waals surface area contributed by atoms with Gasteiger partial charge in [0.15, 0.2) is 0 Å². The Balaban J connectivity index is 1.99. The summed E-state index contributed by atoms with van der Waals surface area (Å²) in [4.78, 5) is 19.9. The van der Waals surface area contributed by atoms with Gasteiger partial charge in [0.05, 0.1) is 27.9 Å². The first-order valence-corrected chi connectivity index (χ1v) is 9.38. The number of ether oxygens (including phenoxy) is 2. The van der Waals surface area contributed by atoms with E-state index in [9.17, 15) is 9.18 Å². The Morgan fingerprint density at radius 2 is 1.93 bits per heavy atom. The van der Waals surface area contributed by atoms with Crippen molar-refractivity contribution in [2.24, 2.45) is 5.73 Å². The van der Waals surface area contributed by atoms with E-state index in [-0.39, 0.29) is 27.4 Å². The number of anilines is 2. The zero-order chi connectivity index (χ0) is 21.0. The van der Waals surface area contributed by atoms with E-state index >= 15 is 0 Å². The molecule has 152 valence electrons. The lowest BCUT2D eigenvalue weighted by molar-refractivity contribution is 0.0991. The number of nitrogens with two attached hydrogens (primary N) is 1. The van der Waals surface area contributed by atoms with Gasteiger partial charge in [0.2, 0.25) is 5.82 Å². The summed E-state index contributed by atoms with van der Waals surface area (Å²) < 4.78 is 25.1. The van der Waals surface area contributed by atoms with Gasteiger partial charge in [-0.05, 0) is 31.2 Å². The number of fused-ring (bicyclic) bond motifs is 1. The SMILES string of the molecule is CCOCCOc1ccc2c(Nc3cc(Cl)c(Cl)cc3F)nc(C(N)=O)nc2c1. The topological polar surface area (TPSA) is 99.4 Å². The van der Waals surface area contributed by atoms with Crippen molar-refractivity contribution in [3.05, 3.63) is 52.0 Å². The predicted octanol–water partition coefficient (Wildman–Crippen LogP) is 4.33. The number of amides is 1. The first kappa shape index (κ1) is 21.0. The van der Waals surface area contributed by atoms with Crippen LogP contribution in [0.5, 0.6) is 5.75 Å². The second-order valence-electron chi connectivity index (χ2n) is 5.86. The van der Waals surface area contributed by atoms with Gasteiger partial charge in [-0.15, -0.1) is 0 Å². The lowest BCUT2D eigenvalue weighted by atomic mass is 10.2. The van der Waals surface area contributed by atoms with Crippen LogP contribution in [0.15, 0.2) is 30.3 Å². The molecule has 0 atom stereocenters. The first-order chi connectivity index (χ1) is 13.9. The summed E-state index contributed by atoms with van der Waals surface area (Å²) in [5.41, 5.74) is 5.77. The van der Waals surface area contributed by atoms with Crippen molar-refractivity contribution < 1.29 is 18.7 Å². The van der Waals surface area contributed by atoms with Crippen LogP contribution in [0.3, 0.4) is 0 Å². The number of nitrogens with zero attached hydrogens (tertiary/aromatic N) is 2. The van der Waals surface area contributed by atoms with Crippen molar-refractivity contribution in [2.45, 2.75) is 6.92 Å². The van der Waals surface area contributed by atoms with Crippen LogP contribution in [-0.4, -0.2) is 35.7 Å². The van der Waals surface area contributed by atoms with Crippen LogP contribution in [0.2, 0.25) is 10.0 Å². The second kappa shape index (κ2) is 9.21. The molecule has 0 saturated heterocycles. The Morgan fingerprint density at radius 1 is 1.17 bits per heavy atom. The number of benzene rings is 2. The molecule has 0 unspecified atom stereocenters. The van der Waals surface area contributed by atoms with E-state index in [0.717, 1.165) is 6.07 Å². The normalized spacial score (nSPS) is 10.9. The van der Waals surface area contributed by atoms with Gasteiger partial charge in [-0.3, -0.25) is 4.79 Å². The van der Waals surface area contributed by atoms with Crippen LogP contribution in [-0.2, 0) is 4.74 Å². The van der Waals surface area contributed by atoms with E-state index in [0.29, 0.717) is 36.5 Å². The summed E-state index contributed by atoms with van der Waals surface area (Å²) in [6, 6.07) is 7.43. The van der Waals surface area contributed by atoms with Crippen molar-refractivity contribution in [2.75, 3.05) is 25.1 Å². The highest BCUT2D eigenvalue weighted by Crippen LogP contribution is 2.32. The standard InChI is InChI=1S/C19H17Cl2FN4O3/c1-2-28-5-6-29-10-3-4-11-15(7-10)24-19(17(23)27)26-18(11)25-16-9-13(21)12(20)8-14(16)22/h3-4,7-9H,2,5-6H2,1H3,(H2,23,27)(H,24,25,26). The monoisotopic (exact) mass is 438 g/mol. The average Bonchev–Trinajstić information content (AvgIpc) is 2.69. The molecule has 10 heteroatoms. The van der Waals surface area contributed by atoms with Crippen molar-refractivity contribution >= 4 is 51.5 Å². The van der Waals surface area contributed by atoms with Gasteiger partial charge < -0.3 is 20.5 Å². The van der Waals surface area contributed by atoms with Gasteiger partial charge in [-0.1, -0.05) is 23.2 Å². The fraction of sp³-hybridized carbons (Fsp3) is 0.211. The maximum atomic E-state index is 14.3. The molecule has 0 saturated carbocycles. The highest BCUT2D eigenvalue weighted by atomic mass is 35.5. The third-order valence-corrected chi connectivity index (χ3v) is 4.57. The van der Waals surface area contributed by atoms with Gasteiger partial charge in [-0.25, -0.2) is 14.4 Å². The molecule has 2 aromatic carbocycles. The van der Waals surface area contributed by atoms with Crippen molar-refractivity contribution in [1.29, 1.82) is 0 Å². The van der Waals surface area contributed by atoms with Crippen LogP contribution in [0.1, 0.15) is 17.5 Å². The minimum absolute atomic E-state index is 0.0341. The van der Waals surface area contributed by atoms with Crippen molar-refractivity contribution in [3.63, 3.8) is 0 Å². The molecule has 1 amide bonds. The maximum Gasteiger partial charge on any atom is 0.286 e. The number of hydrogen-bond donors (Lipinski definition) is 2. The van der Waals surface area contributed by atoms with E-state index in [1.807, 2.05) is 6.92 Å². The zero-order valence-electron chi connectivity index (χ0n) is 15.3. The molecule has 0 aliphatic rings. The largest absolute Gasteiger partial charge is 0.491 e. The predicted molar refractivity (Wildman–Crippen MR) is 110 cm³/mol. The molecular formula is C19H17Cl2FN4O3. The van der Waals surface area contributed by atoms with E-state index in [2.05, 4.69) is 15.3 Å². The summed E-state index contributed by atoms with van der Waals surface area (Å²) in [6.07, 6.45) is 0. The number of aromatic nitrogens is 2. The van der Waals surface area contributed by atoms with E-state index in [1.165, 1.54) is 6.07 Å². The highest BCUT2D eigenvalue weighted by molar-refractivity contribution is 6.42. The lowest BCUT2D eigenvalue weighted by Crippen LogP contribution is -2.16. The molecule has 0 spiro atoms. The number of nitrogens with one attached hydrogen (secondary N) is 1. The lowest BCUT2D eigenvalue weighted by Gasteiger charge is -2.13. The minimum atomic E-state index is -0.827. The number of carbonyl (C=O) groups excluding carboxylic acids is 1. The molecule has 0 bridgehead atoms. The molecular weight excluding hydrogens is 422 g/mol. The highest BCUT2D eigenvalue weighted by Gasteiger charge is 2.15. The number of rotatable bonds is 8. The first-order valence-electron chi connectivity index (χ1n) is 8.62. The molecule has 3 N–H and O–H groups in total. The molecule has 1 heterocycles. The summed E-state index contributed by atoms with van der Waals surface area (Å²) in [7, 11) is 0. The molecule has 3 aromatic rings. The van der Waals surface area contributed by atoms with Gasteiger partial charge in [0, 0.05) is 18.1 Å². The maximum absolute atomic E-state index is 14.3. The molecule has 1 aromatic heterocycles. The molecule has 29 heavy (non-hydrogen) atoms. The van der Waals surface area contributed by atoms with Crippen LogP contribution in [0, 0.1) is 5.82 Å². The Morgan fingerprint density at radius 3 is 2.66 bits per heavy atom. The zero-order valence-corrected chi connectivity index (χ0v) is 16.9. The van der Waals surface area contributed by atoms with Gasteiger partial charge >= 0.3 is 0 Å². The quantitative estimate of drug-likeness (QED) is 0.400. The Bertz CT molecular complexity index is 1070. The van der Waals surface area contributed by atoms with Crippen LogP contribution in [0.25, 0.3) is 10.9 Å². The van der Waals surface area contributed by atoms with Crippen LogP contribution >= 0.6 is 23.2 Å². The number of carbonyl (C=O) groups is 1. The van der Waals surface area contributed by atoms with E-state index in [1.54, 1.807) is 18.2 Å². The number of hydrogen-bond acceptors (Lipinski definition) is 6. The third-order valence-electron chi connectivity index (χ3n) is 3.85. The summed E-state index contributed by atoms with van der Waals surface area (Å²) in [5, 5.41) is 3.58. The molecule has 0 aliphatic heterocycles. The summed E-state index contributed by atoms with van der Waals surface area (Å²) >= 11 is 11.8. The Kier molecular flexibility index (Phi) is 6.68. The van der Waals surface area contributed by atoms with Crippen molar-refractivity contribution in [3.8, 4) is 5.75 Å². The third kappa shape index (κ3) is 5.03. The molecule has 0 aliphatic carbocycles. The Hall–Kier alpha value is -2.68. The fourth-order valence-electron chi connectivity index (χ4n) is 2.51. The fourth-order valence-corrected chi connectivity index (χ4v) is 2.83. The summed E-state index contributed by atoms with van der Waals surface area (Å²) in [5.74, 6) is -0.984. The number of primary amides is 1. The van der Waals surface area contributed by atoms with Crippen LogP contribution < -0.4 is 15.8 Å². The molecule has 0 radical (unpaired) electrons. The van der Waals surface area contributed by atoms with Crippen molar-refractivity contribution in [1.82, 2.24) is 9.97 Å². The second-order valence-corrected chi connectivity index (χ2v) is 6.67. The Labute approximate surface area is 175 Å². The summed E-state index contributed by atoms with van der Waals surface area (Å²) in [6.45, 7) is 3.28. The van der Waals surface area contributed by atoms with Gasteiger partial charge in [-0.2, -0.15) is 0 Å². The minimum Gasteiger partial charge on any atom is -0.491 e. The molecule has 0 fully saturated rings. The van der Waals surface area contributed by atoms with Gasteiger partial charge in [0.25, 0.3) is 5.91 Å². The molecule has 7 nitrogen and oxygen atoms in total. The van der Waals surface area contributed by atoms with E-state index < -0.39 is 11.7 Å². The van der Waals surface area contributed by atoms with E-state index in [4.69, 9.17) is 38.4 Å².